The molecule has 2 heterocycles. The lowest BCUT2D eigenvalue weighted by Crippen LogP contribution is -2.26. The van der Waals surface area contributed by atoms with Crippen molar-refractivity contribution in [3.05, 3.63) is 53.9 Å². The second-order valence-corrected chi connectivity index (χ2v) is 5.53. The molecule has 1 aliphatic rings. The quantitative estimate of drug-likeness (QED) is 0.888. The van der Waals surface area contributed by atoms with Gasteiger partial charge in [0.2, 0.25) is 5.91 Å². The van der Waals surface area contributed by atoms with Gasteiger partial charge in [-0.3, -0.25) is 14.6 Å². The first-order valence-corrected chi connectivity index (χ1v) is 6.66. The van der Waals surface area contributed by atoms with Gasteiger partial charge in [-0.2, -0.15) is 0 Å². The number of aromatic nitrogens is 1. The monoisotopic (exact) mass is 281 g/mol. The summed E-state index contributed by atoms with van der Waals surface area (Å²) in [7, 11) is 0. The first-order chi connectivity index (χ1) is 9.98. The molecule has 2 aromatic rings. The van der Waals surface area contributed by atoms with Gasteiger partial charge < -0.3 is 10.6 Å². The van der Waals surface area contributed by atoms with Crippen LogP contribution in [0.1, 0.15) is 29.8 Å². The molecule has 0 fully saturated rings. The van der Waals surface area contributed by atoms with Gasteiger partial charge in [0.05, 0.1) is 5.41 Å². The predicted molar refractivity (Wildman–Crippen MR) is 80.3 cm³/mol. The fraction of sp³-hybridized carbons (Fsp3) is 0.188. The lowest BCUT2D eigenvalue weighted by Gasteiger charge is -2.15. The Morgan fingerprint density at radius 2 is 1.90 bits per heavy atom. The normalized spacial score (nSPS) is 15.2. The Hall–Kier alpha value is -2.69. The number of amides is 2. The van der Waals surface area contributed by atoms with Crippen molar-refractivity contribution in [2.24, 2.45) is 0 Å². The van der Waals surface area contributed by atoms with Crippen molar-refractivity contribution >= 4 is 23.2 Å². The third kappa shape index (κ3) is 2.27. The standard InChI is InChI=1S/C16H15N3O2/c1-16(2)12-4-3-11(9-13(12)19-15(16)21)18-14(20)10-5-7-17-8-6-10/h3-9H,1-2H3,(H,18,20)(H,19,21). The largest absolute Gasteiger partial charge is 0.325 e. The van der Waals surface area contributed by atoms with Crippen molar-refractivity contribution in [3.63, 3.8) is 0 Å². The highest BCUT2D eigenvalue weighted by Crippen LogP contribution is 2.38. The zero-order valence-corrected chi connectivity index (χ0v) is 11.8. The Bertz CT molecular complexity index is 724. The lowest BCUT2D eigenvalue weighted by molar-refractivity contribution is -0.119. The average Bonchev–Trinajstić information content (AvgIpc) is 2.69. The minimum Gasteiger partial charge on any atom is -0.325 e. The number of anilines is 2. The second kappa shape index (κ2) is 4.70. The van der Waals surface area contributed by atoms with Crippen LogP contribution in [0.15, 0.2) is 42.7 Å². The number of hydrogen-bond donors (Lipinski definition) is 2. The molecule has 2 N–H and O–H groups in total. The number of nitrogens with zero attached hydrogens (tertiary/aromatic N) is 1. The zero-order chi connectivity index (χ0) is 15.0. The number of hydrogen-bond acceptors (Lipinski definition) is 3. The molecular weight excluding hydrogens is 266 g/mol. The molecule has 1 aliphatic heterocycles. The molecule has 0 atom stereocenters. The average molecular weight is 281 g/mol. The van der Waals surface area contributed by atoms with E-state index in [1.165, 1.54) is 0 Å². The maximum Gasteiger partial charge on any atom is 0.255 e. The molecule has 0 spiro atoms. The van der Waals surface area contributed by atoms with Crippen molar-refractivity contribution in [3.8, 4) is 0 Å². The molecule has 0 saturated heterocycles. The molecule has 5 heteroatoms. The summed E-state index contributed by atoms with van der Waals surface area (Å²) >= 11 is 0. The van der Waals surface area contributed by atoms with E-state index in [0.29, 0.717) is 11.3 Å². The number of rotatable bonds is 2. The van der Waals surface area contributed by atoms with Crippen molar-refractivity contribution < 1.29 is 9.59 Å². The van der Waals surface area contributed by atoms with Gasteiger partial charge in [0, 0.05) is 29.3 Å². The number of fused-ring (bicyclic) bond motifs is 1. The van der Waals surface area contributed by atoms with Crippen LogP contribution in [-0.4, -0.2) is 16.8 Å². The molecule has 1 aromatic carbocycles. The Labute approximate surface area is 122 Å². The summed E-state index contributed by atoms with van der Waals surface area (Å²) in [6.07, 6.45) is 3.14. The van der Waals surface area contributed by atoms with Crippen molar-refractivity contribution in [1.82, 2.24) is 4.98 Å². The molecule has 0 unspecified atom stereocenters. The van der Waals surface area contributed by atoms with Gasteiger partial charge in [0.15, 0.2) is 0 Å². The Balaban J connectivity index is 1.85. The maximum atomic E-state index is 12.1. The first kappa shape index (κ1) is 13.3. The highest BCUT2D eigenvalue weighted by molar-refractivity contribution is 6.08. The van der Waals surface area contributed by atoms with E-state index in [-0.39, 0.29) is 11.8 Å². The van der Waals surface area contributed by atoms with Crippen LogP contribution in [0, 0.1) is 0 Å². The Morgan fingerprint density at radius 1 is 1.19 bits per heavy atom. The topological polar surface area (TPSA) is 71.1 Å². The van der Waals surface area contributed by atoms with E-state index in [1.807, 2.05) is 19.9 Å². The van der Waals surface area contributed by atoms with Crippen LogP contribution in [0.4, 0.5) is 11.4 Å². The van der Waals surface area contributed by atoms with Crippen molar-refractivity contribution in [2.45, 2.75) is 19.3 Å². The second-order valence-electron chi connectivity index (χ2n) is 5.53. The van der Waals surface area contributed by atoms with Gasteiger partial charge >= 0.3 is 0 Å². The van der Waals surface area contributed by atoms with Crippen molar-refractivity contribution in [1.29, 1.82) is 0 Å². The summed E-state index contributed by atoms with van der Waals surface area (Å²) in [6, 6.07) is 8.75. The van der Waals surface area contributed by atoms with E-state index in [2.05, 4.69) is 15.6 Å². The minimum atomic E-state index is -0.539. The zero-order valence-electron chi connectivity index (χ0n) is 11.8. The van der Waals surface area contributed by atoms with Crippen LogP contribution >= 0.6 is 0 Å². The fourth-order valence-electron chi connectivity index (χ4n) is 2.38. The Kier molecular flexibility index (Phi) is 2.97. The van der Waals surface area contributed by atoms with Crippen LogP contribution in [0.3, 0.4) is 0 Å². The third-order valence-electron chi connectivity index (χ3n) is 3.71. The molecule has 0 saturated carbocycles. The fourth-order valence-corrected chi connectivity index (χ4v) is 2.38. The number of benzene rings is 1. The molecule has 0 bridgehead atoms. The van der Waals surface area contributed by atoms with Crippen LogP contribution in [0.5, 0.6) is 0 Å². The smallest absolute Gasteiger partial charge is 0.255 e. The highest BCUT2D eigenvalue weighted by Gasteiger charge is 2.38. The summed E-state index contributed by atoms with van der Waals surface area (Å²) in [4.78, 5) is 27.9. The summed E-state index contributed by atoms with van der Waals surface area (Å²) in [5, 5.41) is 5.65. The van der Waals surface area contributed by atoms with Crippen LogP contribution < -0.4 is 10.6 Å². The molecule has 1 aromatic heterocycles. The summed E-state index contributed by atoms with van der Waals surface area (Å²) in [5.74, 6) is -0.240. The Morgan fingerprint density at radius 3 is 2.62 bits per heavy atom. The third-order valence-corrected chi connectivity index (χ3v) is 3.71. The molecule has 0 radical (unpaired) electrons. The highest BCUT2D eigenvalue weighted by atomic mass is 16.2. The molecule has 3 rings (SSSR count). The van der Waals surface area contributed by atoms with Crippen LogP contribution in [0.25, 0.3) is 0 Å². The van der Waals surface area contributed by atoms with Gasteiger partial charge in [0.25, 0.3) is 5.91 Å². The van der Waals surface area contributed by atoms with Gasteiger partial charge in [-0.25, -0.2) is 0 Å². The predicted octanol–water partition coefficient (Wildman–Crippen LogP) is 2.56. The van der Waals surface area contributed by atoms with E-state index in [9.17, 15) is 9.59 Å². The van der Waals surface area contributed by atoms with Crippen LogP contribution in [0.2, 0.25) is 0 Å². The molecule has 2 amide bonds. The van der Waals surface area contributed by atoms with Gasteiger partial charge in [-0.05, 0) is 43.7 Å². The molecule has 0 aliphatic carbocycles. The van der Waals surface area contributed by atoms with E-state index >= 15 is 0 Å². The number of nitrogens with one attached hydrogen (secondary N) is 2. The molecule has 106 valence electrons. The van der Waals surface area contributed by atoms with Gasteiger partial charge in [0.1, 0.15) is 0 Å². The van der Waals surface area contributed by atoms with E-state index in [1.54, 1.807) is 36.7 Å². The SMILES string of the molecule is CC1(C)C(=O)Nc2cc(NC(=O)c3ccncc3)ccc21. The van der Waals surface area contributed by atoms with Gasteiger partial charge in [-0.15, -0.1) is 0 Å². The number of pyridine rings is 1. The summed E-state index contributed by atoms with van der Waals surface area (Å²) in [5.41, 5.74) is 2.33. The molecule has 5 nitrogen and oxygen atoms in total. The minimum absolute atomic E-state index is 0.0323. The van der Waals surface area contributed by atoms with E-state index in [0.717, 1.165) is 11.3 Å². The van der Waals surface area contributed by atoms with Crippen LogP contribution in [-0.2, 0) is 10.2 Å². The number of carbonyl (C=O) groups excluding carboxylic acids is 2. The van der Waals surface area contributed by atoms with E-state index in [4.69, 9.17) is 0 Å². The van der Waals surface area contributed by atoms with Gasteiger partial charge in [-0.1, -0.05) is 6.07 Å². The first-order valence-electron chi connectivity index (χ1n) is 6.66. The number of carbonyl (C=O) groups is 2. The maximum absolute atomic E-state index is 12.1. The lowest BCUT2D eigenvalue weighted by atomic mass is 9.86. The van der Waals surface area contributed by atoms with E-state index < -0.39 is 5.41 Å². The molecular formula is C16H15N3O2. The molecule has 21 heavy (non-hydrogen) atoms. The summed E-state index contributed by atoms with van der Waals surface area (Å²) < 4.78 is 0. The van der Waals surface area contributed by atoms with Crippen molar-refractivity contribution in [2.75, 3.05) is 10.6 Å². The summed E-state index contributed by atoms with van der Waals surface area (Å²) in [6.45, 7) is 3.76.